The molecule has 1 aromatic rings. The first-order valence-electron chi connectivity index (χ1n) is 7.25. The maximum atomic E-state index is 12.6. The molecule has 0 bridgehead atoms. The second-order valence-corrected chi connectivity index (χ2v) is 8.52. The van der Waals surface area contributed by atoms with Crippen molar-refractivity contribution in [2.75, 3.05) is 18.4 Å². The molecule has 2 rings (SSSR count). The molecule has 1 aromatic heterocycles. The fraction of sp³-hybridized carbons (Fsp3) is 0.643. The van der Waals surface area contributed by atoms with Crippen LogP contribution in [0.2, 0.25) is 0 Å². The van der Waals surface area contributed by atoms with E-state index >= 15 is 0 Å². The number of hydrogen-bond acceptors (Lipinski definition) is 4. The third-order valence-corrected chi connectivity index (χ3v) is 5.80. The molecule has 2 N–H and O–H groups in total. The monoisotopic (exact) mass is 375 g/mol. The number of anilines is 1. The van der Waals surface area contributed by atoms with Crippen LogP contribution < -0.4 is 10.0 Å². The van der Waals surface area contributed by atoms with Crippen molar-refractivity contribution >= 4 is 31.8 Å². The van der Waals surface area contributed by atoms with Gasteiger partial charge >= 0.3 is 0 Å². The molecule has 1 heterocycles. The molecule has 0 aliphatic heterocycles. The second kappa shape index (κ2) is 6.62. The van der Waals surface area contributed by atoms with E-state index in [2.05, 4.69) is 37.9 Å². The fourth-order valence-corrected chi connectivity index (χ4v) is 4.52. The van der Waals surface area contributed by atoms with Gasteiger partial charge in [-0.1, -0.05) is 19.8 Å². The molecule has 5 nitrogen and oxygen atoms in total. The molecule has 0 saturated heterocycles. The number of sulfonamides is 1. The van der Waals surface area contributed by atoms with E-state index in [4.69, 9.17) is 0 Å². The highest BCUT2D eigenvalue weighted by atomic mass is 79.9. The molecule has 7 heteroatoms. The number of nitrogens with one attached hydrogen (secondary N) is 2. The van der Waals surface area contributed by atoms with Gasteiger partial charge in [-0.05, 0) is 47.2 Å². The SMILES string of the molecule is CCNc1ncc(Br)cc1S(=O)(=O)NCC1(C)CCCC1. The molecule has 0 amide bonds. The van der Waals surface area contributed by atoms with Crippen LogP contribution in [0.4, 0.5) is 5.82 Å². The van der Waals surface area contributed by atoms with Gasteiger partial charge in [-0.15, -0.1) is 0 Å². The molecule has 1 saturated carbocycles. The summed E-state index contributed by atoms with van der Waals surface area (Å²) in [4.78, 5) is 4.35. The smallest absolute Gasteiger partial charge is 0.244 e. The first-order valence-corrected chi connectivity index (χ1v) is 9.53. The predicted octanol–water partition coefficient (Wildman–Crippen LogP) is 3.13. The lowest BCUT2D eigenvalue weighted by Crippen LogP contribution is -2.34. The molecule has 0 aromatic carbocycles. The van der Waals surface area contributed by atoms with Crippen LogP contribution in [-0.2, 0) is 10.0 Å². The van der Waals surface area contributed by atoms with Crippen LogP contribution in [0.25, 0.3) is 0 Å². The molecular formula is C14H22BrN3O2S. The summed E-state index contributed by atoms with van der Waals surface area (Å²) in [6, 6.07) is 1.59. The van der Waals surface area contributed by atoms with Crippen LogP contribution in [0, 0.1) is 5.41 Å². The molecule has 118 valence electrons. The average molecular weight is 376 g/mol. The van der Waals surface area contributed by atoms with E-state index in [9.17, 15) is 8.42 Å². The van der Waals surface area contributed by atoms with Crippen LogP contribution in [-0.4, -0.2) is 26.5 Å². The Kier molecular flexibility index (Phi) is 5.27. The molecule has 0 unspecified atom stereocenters. The summed E-state index contributed by atoms with van der Waals surface area (Å²) in [6.07, 6.45) is 6.10. The lowest BCUT2D eigenvalue weighted by Gasteiger charge is -2.24. The molecule has 1 aliphatic carbocycles. The largest absolute Gasteiger partial charge is 0.369 e. The molecule has 1 fully saturated rings. The van der Waals surface area contributed by atoms with Gasteiger partial charge in [0, 0.05) is 23.8 Å². The average Bonchev–Trinajstić information content (AvgIpc) is 2.87. The molecule has 1 aliphatic rings. The van der Waals surface area contributed by atoms with Gasteiger partial charge in [0.25, 0.3) is 0 Å². The van der Waals surface area contributed by atoms with Gasteiger partial charge in [-0.25, -0.2) is 18.1 Å². The first-order chi connectivity index (χ1) is 9.86. The van der Waals surface area contributed by atoms with Gasteiger partial charge in [0.2, 0.25) is 10.0 Å². The Balaban J connectivity index is 2.20. The van der Waals surface area contributed by atoms with Crippen LogP contribution in [0.3, 0.4) is 0 Å². The minimum atomic E-state index is -3.57. The van der Waals surface area contributed by atoms with Crippen LogP contribution in [0.1, 0.15) is 39.5 Å². The number of pyridine rings is 1. The van der Waals surface area contributed by atoms with Crippen molar-refractivity contribution in [1.82, 2.24) is 9.71 Å². The van der Waals surface area contributed by atoms with Crippen LogP contribution in [0.15, 0.2) is 21.6 Å². The van der Waals surface area contributed by atoms with Crippen molar-refractivity contribution in [3.63, 3.8) is 0 Å². The van der Waals surface area contributed by atoms with Crippen molar-refractivity contribution in [3.8, 4) is 0 Å². The molecule has 0 atom stereocenters. The van der Waals surface area contributed by atoms with Crippen LogP contribution >= 0.6 is 15.9 Å². The summed E-state index contributed by atoms with van der Waals surface area (Å²) in [6.45, 7) is 5.16. The van der Waals surface area contributed by atoms with Crippen molar-refractivity contribution in [3.05, 3.63) is 16.7 Å². The summed E-state index contributed by atoms with van der Waals surface area (Å²) in [7, 11) is -3.57. The van der Waals surface area contributed by atoms with E-state index in [1.165, 1.54) is 12.8 Å². The zero-order chi connectivity index (χ0) is 15.5. The predicted molar refractivity (Wildman–Crippen MR) is 87.9 cm³/mol. The molecule has 0 spiro atoms. The number of hydrogen-bond donors (Lipinski definition) is 2. The Morgan fingerprint density at radius 2 is 2.05 bits per heavy atom. The topological polar surface area (TPSA) is 71.1 Å². The second-order valence-electron chi connectivity index (χ2n) is 5.87. The summed E-state index contributed by atoms with van der Waals surface area (Å²) in [5.41, 5.74) is 0.0743. The first kappa shape index (κ1) is 16.7. The maximum absolute atomic E-state index is 12.6. The van der Waals surface area contributed by atoms with E-state index in [1.807, 2.05) is 6.92 Å². The third kappa shape index (κ3) is 4.17. The summed E-state index contributed by atoms with van der Waals surface area (Å²) in [5.74, 6) is 0.393. The zero-order valence-corrected chi connectivity index (χ0v) is 14.8. The van der Waals surface area contributed by atoms with Gasteiger partial charge in [0.1, 0.15) is 10.7 Å². The maximum Gasteiger partial charge on any atom is 0.244 e. The Bertz CT molecular complexity index is 598. The van der Waals surface area contributed by atoms with E-state index in [-0.39, 0.29) is 10.3 Å². The van der Waals surface area contributed by atoms with Crippen molar-refractivity contribution in [2.24, 2.45) is 5.41 Å². The quantitative estimate of drug-likeness (QED) is 0.800. The van der Waals surface area contributed by atoms with Gasteiger partial charge in [0.15, 0.2) is 0 Å². The number of halogens is 1. The lowest BCUT2D eigenvalue weighted by molar-refractivity contribution is 0.336. The fourth-order valence-electron chi connectivity index (χ4n) is 2.68. The van der Waals surface area contributed by atoms with Gasteiger partial charge in [0.05, 0.1) is 0 Å². The van der Waals surface area contributed by atoms with Crippen molar-refractivity contribution in [1.29, 1.82) is 0 Å². The number of nitrogens with zero attached hydrogens (tertiary/aromatic N) is 1. The normalized spacial score (nSPS) is 17.9. The third-order valence-electron chi connectivity index (χ3n) is 3.95. The van der Waals surface area contributed by atoms with Crippen molar-refractivity contribution in [2.45, 2.75) is 44.4 Å². The highest BCUT2D eigenvalue weighted by Gasteiger charge is 2.31. The summed E-state index contributed by atoms with van der Waals surface area (Å²) in [5, 5.41) is 3.00. The Morgan fingerprint density at radius 1 is 1.38 bits per heavy atom. The standard InChI is InChI=1S/C14H22BrN3O2S/c1-3-16-13-12(8-11(15)9-17-13)21(19,20)18-10-14(2)6-4-5-7-14/h8-9,18H,3-7,10H2,1-2H3,(H,16,17). The van der Waals surface area contributed by atoms with Gasteiger partial charge < -0.3 is 5.32 Å². The Hall–Kier alpha value is -0.660. The Morgan fingerprint density at radius 3 is 2.67 bits per heavy atom. The van der Waals surface area contributed by atoms with Crippen molar-refractivity contribution < 1.29 is 8.42 Å². The van der Waals surface area contributed by atoms with Gasteiger partial charge in [-0.2, -0.15) is 0 Å². The lowest BCUT2D eigenvalue weighted by atomic mass is 9.89. The minimum Gasteiger partial charge on any atom is -0.369 e. The van der Waals surface area contributed by atoms with E-state index in [0.29, 0.717) is 23.4 Å². The number of rotatable bonds is 6. The molecule has 0 radical (unpaired) electrons. The van der Waals surface area contributed by atoms with Gasteiger partial charge in [-0.3, -0.25) is 0 Å². The number of aromatic nitrogens is 1. The van der Waals surface area contributed by atoms with E-state index < -0.39 is 10.0 Å². The van der Waals surface area contributed by atoms with E-state index in [1.54, 1.807) is 12.3 Å². The van der Waals surface area contributed by atoms with Crippen LogP contribution in [0.5, 0.6) is 0 Å². The highest BCUT2D eigenvalue weighted by Crippen LogP contribution is 2.37. The molecular weight excluding hydrogens is 354 g/mol. The summed E-state index contributed by atoms with van der Waals surface area (Å²) < 4.78 is 28.5. The van der Waals surface area contributed by atoms with E-state index in [0.717, 1.165) is 12.8 Å². The highest BCUT2D eigenvalue weighted by molar-refractivity contribution is 9.10. The zero-order valence-electron chi connectivity index (χ0n) is 12.4. The Labute approximate surface area is 135 Å². The minimum absolute atomic E-state index is 0.0743. The summed E-state index contributed by atoms with van der Waals surface area (Å²) >= 11 is 3.29. The molecule has 21 heavy (non-hydrogen) atoms.